The van der Waals surface area contributed by atoms with Crippen LogP contribution < -0.4 is 0 Å². The second-order valence-corrected chi connectivity index (χ2v) is 12.1. The first-order valence-electron chi connectivity index (χ1n) is 8.49. The number of thiocarbonyl (C=S) groups is 1. The number of benzene rings is 1. The van der Waals surface area contributed by atoms with E-state index in [4.69, 9.17) is 30.6 Å². The first-order chi connectivity index (χ1) is 12.6. The molecule has 1 aromatic rings. The van der Waals surface area contributed by atoms with Gasteiger partial charge in [0.25, 0.3) is 10.1 Å². The van der Waals surface area contributed by atoms with Gasteiger partial charge in [0.05, 0.1) is 4.90 Å². The maximum Gasteiger partial charge on any atom is 0.297 e. The molecule has 0 unspecified atom stereocenters. The number of thioether (sulfide) groups is 2. The Bertz CT molecular complexity index is 837. The van der Waals surface area contributed by atoms with Crippen molar-refractivity contribution in [1.82, 2.24) is 0 Å². The summed E-state index contributed by atoms with van der Waals surface area (Å²) in [5.74, 6) is -0.121. The molecule has 6 nitrogen and oxygen atoms in total. The van der Waals surface area contributed by atoms with Crippen molar-refractivity contribution in [3.63, 3.8) is 0 Å². The van der Waals surface area contributed by atoms with Crippen molar-refractivity contribution >= 4 is 49.4 Å². The summed E-state index contributed by atoms with van der Waals surface area (Å²) in [7, 11) is -3.98. The van der Waals surface area contributed by atoms with Gasteiger partial charge in [-0.25, -0.2) is 0 Å². The maximum absolute atomic E-state index is 12.9. The van der Waals surface area contributed by atoms with Gasteiger partial charge in [-0.3, -0.25) is 4.18 Å². The maximum atomic E-state index is 12.9. The number of ether oxygens (including phenoxy) is 3. The minimum Gasteiger partial charge on any atom is -0.342 e. The van der Waals surface area contributed by atoms with Crippen molar-refractivity contribution in [3.05, 3.63) is 29.8 Å². The van der Waals surface area contributed by atoms with Crippen LogP contribution in [0.5, 0.6) is 0 Å². The summed E-state index contributed by atoms with van der Waals surface area (Å²) in [6.45, 7) is 5.43. The molecule has 3 saturated heterocycles. The van der Waals surface area contributed by atoms with Gasteiger partial charge in [-0.05, 0) is 32.9 Å². The third-order valence-electron chi connectivity index (χ3n) is 4.55. The number of aryl methyl sites for hydroxylation is 1. The minimum absolute atomic E-state index is 0.0124. The zero-order chi connectivity index (χ0) is 19.4. The van der Waals surface area contributed by atoms with Crippen molar-refractivity contribution in [2.45, 2.75) is 61.3 Å². The Morgan fingerprint density at radius 3 is 2.52 bits per heavy atom. The molecule has 3 fully saturated rings. The lowest BCUT2D eigenvalue weighted by molar-refractivity contribution is -0.212. The summed E-state index contributed by atoms with van der Waals surface area (Å²) in [5, 5.41) is -0.0124. The molecule has 0 aliphatic carbocycles. The summed E-state index contributed by atoms with van der Waals surface area (Å²) in [5.41, 5.74) is 0.971. The number of fused-ring (bicyclic) bond motifs is 1. The average Bonchev–Trinajstić information content (AvgIpc) is 3.21. The summed E-state index contributed by atoms with van der Waals surface area (Å²) >= 11 is 8.33. The van der Waals surface area contributed by atoms with E-state index in [1.54, 1.807) is 37.7 Å². The van der Waals surface area contributed by atoms with Crippen LogP contribution in [-0.4, -0.2) is 53.3 Å². The second-order valence-electron chi connectivity index (χ2n) is 7.11. The normalized spacial score (nSPS) is 35.5. The molecule has 0 spiro atoms. The zero-order valence-electron chi connectivity index (χ0n) is 15.0. The van der Waals surface area contributed by atoms with Crippen molar-refractivity contribution in [1.29, 1.82) is 0 Å². The monoisotopic (exact) mass is 448 g/mol. The molecule has 0 radical (unpaired) electrons. The van der Waals surface area contributed by atoms with Crippen LogP contribution in [-0.2, 0) is 28.5 Å². The second kappa shape index (κ2) is 7.24. The van der Waals surface area contributed by atoms with Gasteiger partial charge >= 0.3 is 0 Å². The van der Waals surface area contributed by atoms with Crippen molar-refractivity contribution in [2.24, 2.45) is 0 Å². The first kappa shape index (κ1) is 20.1. The third-order valence-corrected chi connectivity index (χ3v) is 9.07. The highest BCUT2D eigenvalue weighted by atomic mass is 32.2. The summed E-state index contributed by atoms with van der Waals surface area (Å²) < 4.78 is 50.0. The fourth-order valence-electron chi connectivity index (χ4n) is 3.32. The highest BCUT2D eigenvalue weighted by molar-refractivity contribution is 8.49. The lowest BCUT2D eigenvalue weighted by Gasteiger charge is -2.27. The molecule has 3 heterocycles. The molecule has 1 aromatic carbocycles. The fraction of sp³-hybridized carbons (Fsp3) is 0.588. The molecular weight excluding hydrogens is 428 g/mol. The SMILES string of the molecule is Cc1ccc(S(=O)(=O)O[C@@H]2[C@H]3OC(C)(C)O[C@@H]3O[C@@H]2[C@@H]2CSC(=S)S2)cc1. The molecule has 0 amide bonds. The zero-order valence-corrected chi connectivity index (χ0v) is 18.3. The molecule has 3 aliphatic heterocycles. The molecule has 4 rings (SSSR count). The van der Waals surface area contributed by atoms with Crippen LogP contribution in [0.2, 0.25) is 0 Å². The van der Waals surface area contributed by atoms with Crippen LogP contribution in [0.25, 0.3) is 0 Å². The van der Waals surface area contributed by atoms with Gasteiger partial charge in [-0.1, -0.05) is 29.9 Å². The lowest BCUT2D eigenvalue weighted by Crippen LogP contribution is -2.43. The van der Waals surface area contributed by atoms with E-state index in [0.717, 1.165) is 14.8 Å². The quantitative estimate of drug-likeness (QED) is 0.510. The molecule has 0 aromatic heterocycles. The molecule has 0 saturated carbocycles. The van der Waals surface area contributed by atoms with Crippen molar-refractivity contribution in [2.75, 3.05) is 5.75 Å². The predicted octanol–water partition coefficient (Wildman–Crippen LogP) is 3.08. The van der Waals surface area contributed by atoms with Gasteiger partial charge in [0, 0.05) is 11.0 Å². The lowest BCUT2D eigenvalue weighted by atomic mass is 10.1. The van der Waals surface area contributed by atoms with Gasteiger partial charge in [0.15, 0.2) is 12.1 Å². The molecular formula is C17H20O6S4. The van der Waals surface area contributed by atoms with E-state index in [9.17, 15) is 8.42 Å². The topological polar surface area (TPSA) is 71.1 Å². The van der Waals surface area contributed by atoms with E-state index < -0.39 is 40.5 Å². The Labute approximate surface area is 172 Å². The first-order valence-corrected chi connectivity index (χ1v) is 12.2. The molecule has 148 valence electrons. The fourth-order valence-corrected chi connectivity index (χ4v) is 7.40. The highest BCUT2D eigenvalue weighted by Gasteiger charge is 2.59. The van der Waals surface area contributed by atoms with Crippen LogP contribution in [0.15, 0.2) is 29.2 Å². The minimum atomic E-state index is -3.98. The van der Waals surface area contributed by atoms with Crippen LogP contribution in [0.1, 0.15) is 19.4 Å². The highest BCUT2D eigenvalue weighted by Crippen LogP contribution is 2.46. The average molecular weight is 449 g/mol. The third kappa shape index (κ3) is 4.09. The smallest absolute Gasteiger partial charge is 0.297 e. The van der Waals surface area contributed by atoms with Gasteiger partial charge in [-0.15, -0.1) is 23.5 Å². The molecule has 5 atom stereocenters. The Morgan fingerprint density at radius 2 is 1.89 bits per heavy atom. The molecule has 3 aliphatic rings. The van der Waals surface area contributed by atoms with Gasteiger partial charge in [0.1, 0.15) is 21.8 Å². The molecule has 27 heavy (non-hydrogen) atoms. The number of rotatable bonds is 4. The van der Waals surface area contributed by atoms with E-state index in [0.29, 0.717) is 0 Å². The van der Waals surface area contributed by atoms with E-state index in [1.807, 2.05) is 6.92 Å². The van der Waals surface area contributed by atoms with Crippen LogP contribution in [0.3, 0.4) is 0 Å². The largest absolute Gasteiger partial charge is 0.342 e. The number of hydrogen-bond acceptors (Lipinski definition) is 9. The van der Waals surface area contributed by atoms with Gasteiger partial charge in [0.2, 0.25) is 0 Å². The number of hydrogen-bond donors (Lipinski definition) is 0. The Balaban J connectivity index is 1.61. The van der Waals surface area contributed by atoms with Crippen molar-refractivity contribution < 1.29 is 26.8 Å². The van der Waals surface area contributed by atoms with Crippen LogP contribution >= 0.6 is 35.7 Å². The standard InChI is InChI=1S/C17H20O6S4/c1-9-4-6-10(7-5-9)27(18,19)23-13-12(11-8-25-16(24)26-11)20-15-14(13)21-17(2,3)22-15/h4-7,11-15H,8H2,1-3H3/t11-,12+,13-,14+,15-/m0/s1. The molecule has 0 N–H and O–H groups in total. The van der Waals surface area contributed by atoms with E-state index >= 15 is 0 Å². The van der Waals surface area contributed by atoms with Gasteiger partial charge < -0.3 is 14.2 Å². The molecule has 0 bridgehead atoms. The van der Waals surface area contributed by atoms with Crippen LogP contribution in [0, 0.1) is 6.92 Å². The Hall–Kier alpha value is -0.200. The van der Waals surface area contributed by atoms with Gasteiger partial charge in [-0.2, -0.15) is 8.42 Å². The summed E-state index contributed by atoms with van der Waals surface area (Å²) in [6.07, 6.45) is -2.58. The summed E-state index contributed by atoms with van der Waals surface area (Å²) in [4.78, 5) is 0.109. The Kier molecular flexibility index (Phi) is 5.39. The van der Waals surface area contributed by atoms with E-state index in [2.05, 4.69) is 0 Å². The van der Waals surface area contributed by atoms with E-state index in [1.165, 1.54) is 23.9 Å². The van der Waals surface area contributed by atoms with Crippen LogP contribution in [0.4, 0.5) is 0 Å². The van der Waals surface area contributed by atoms with Crippen molar-refractivity contribution in [3.8, 4) is 0 Å². The van der Waals surface area contributed by atoms with E-state index in [-0.39, 0.29) is 10.1 Å². The summed E-state index contributed by atoms with van der Waals surface area (Å²) in [6, 6.07) is 6.56. The predicted molar refractivity (Wildman–Crippen MR) is 108 cm³/mol. The molecule has 10 heteroatoms. The Morgan fingerprint density at radius 1 is 1.19 bits per heavy atom.